The molecule has 102 valence electrons. The Kier molecular flexibility index (Phi) is 3.88. The Labute approximate surface area is 119 Å². The van der Waals surface area contributed by atoms with Crippen molar-refractivity contribution in [1.82, 2.24) is 4.98 Å². The molecular formula is C12H7ClFN3O2S. The molecule has 0 radical (unpaired) electrons. The van der Waals surface area contributed by atoms with Crippen molar-refractivity contribution >= 4 is 27.3 Å². The summed E-state index contributed by atoms with van der Waals surface area (Å²) in [5, 5.41) is 9.00. The lowest BCUT2D eigenvalue weighted by Gasteiger charge is -2.10. The summed E-state index contributed by atoms with van der Waals surface area (Å²) in [5.41, 5.74) is -0.512. The van der Waals surface area contributed by atoms with Gasteiger partial charge in [-0.05, 0) is 18.2 Å². The van der Waals surface area contributed by atoms with E-state index in [9.17, 15) is 12.8 Å². The zero-order valence-electron chi connectivity index (χ0n) is 9.84. The number of halogens is 2. The van der Waals surface area contributed by atoms with Crippen LogP contribution in [0.2, 0.25) is 5.02 Å². The van der Waals surface area contributed by atoms with E-state index in [-0.39, 0.29) is 10.7 Å². The molecule has 0 spiro atoms. The fraction of sp³-hybridized carbons (Fsp3) is 0. The SMILES string of the molecule is N#Cc1c(F)cccc1S(=O)(=O)Nc1cnccc1Cl. The average Bonchev–Trinajstić information content (AvgIpc) is 2.41. The molecule has 0 atom stereocenters. The minimum atomic E-state index is -4.14. The van der Waals surface area contributed by atoms with Gasteiger partial charge >= 0.3 is 0 Å². The molecule has 0 unspecified atom stereocenters. The number of nitrogens with zero attached hydrogens (tertiary/aromatic N) is 2. The topological polar surface area (TPSA) is 82.8 Å². The summed E-state index contributed by atoms with van der Waals surface area (Å²) < 4.78 is 40.0. The summed E-state index contributed by atoms with van der Waals surface area (Å²) in [6, 6.07) is 6.27. The maximum Gasteiger partial charge on any atom is 0.263 e. The molecule has 20 heavy (non-hydrogen) atoms. The highest BCUT2D eigenvalue weighted by atomic mass is 35.5. The van der Waals surface area contributed by atoms with Gasteiger partial charge in [-0.15, -0.1) is 0 Å². The normalized spacial score (nSPS) is 10.8. The molecule has 0 fully saturated rings. The Hall–Kier alpha value is -2.17. The van der Waals surface area contributed by atoms with Gasteiger partial charge in [0, 0.05) is 6.20 Å². The van der Waals surface area contributed by atoms with E-state index in [2.05, 4.69) is 9.71 Å². The van der Waals surface area contributed by atoms with Gasteiger partial charge in [-0.1, -0.05) is 17.7 Å². The van der Waals surface area contributed by atoms with Crippen LogP contribution in [0, 0.1) is 17.1 Å². The zero-order valence-corrected chi connectivity index (χ0v) is 11.4. The van der Waals surface area contributed by atoms with Crippen molar-refractivity contribution in [3.05, 3.63) is 53.1 Å². The second-order valence-electron chi connectivity index (χ2n) is 3.69. The van der Waals surface area contributed by atoms with E-state index in [1.54, 1.807) is 0 Å². The molecule has 2 rings (SSSR count). The first kappa shape index (κ1) is 14.2. The summed E-state index contributed by atoms with van der Waals surface area (Å²) in [7, 11) is -4.14. The van der Waals surface area contributed by atoms with Crippen LogP contribution in [-0.4, -0.2) is 13.4 Å². The first-order valence-electron chi connectivity index (χ1n) is 5.26. The number of nitriles is 1. The molecule has 0 aliphatic heterocycles. The van der Waals surface area contributed by atoms with Crippen molar-refractivity contribution in [1.29, 1.82) is 5.26 Å². The van der Waals surface area contributed by atoms with E-state index in [1.807, 2.05) is 0 Å². The maximum absolute atomic E-state index is 13.4. The highest BCUT2D eigenvalue weighted by Crippen LogP contribution is 2.25. The van der Waals surface area contributed by atoms with Crippen LogP contribution in [0.3, 0.4) is 0 Å². The van der Waals surface area contributed by atoms with Crippen molar-refractivity contribution in [3.8, 4) is 6.07 Å². The third kappa shape index (κ3) is 2.71. The number of rotatable bonds is 3. The number of hydrogen-bond donors (Lipinski definition) is 1. The molecule has 2 aromatic rings. The Morgan fingerprint density at radius 2 is 2.10 bits per heavy atom. The predicted octanol–water partition coefficient (Wildman–Crippen LogP) is 2.55. The smallest absolute Gasteiger partial charge is 0.263 e. The van der Waals surface area contributed by atoms with Gasteiger partial charge in [0.05, 0.1) is 16.9 Å². The second kappa shape index (κ2) is 5.45. The van der Waals surface area contributed by atoms with Crippen molar-refractivity contribution in [2.24, 2.45) is 0 Å². The molecule has 1 aromatic carbocycles. The number of nitrogens with one attached hydrogen (secondary N) is 1. The molecule has 0 aliphatic rings. The Morgan fingerprint density at radius 1 is 1.35 bits per heavy atom. The van der Waals surface area contributed by atoms with E-state index in [0.717, 1.165) is 12.1 Å². The number of pyridine rings is 1. The Balaban J connectivity index is 2.50. The van der Waals surface area contributed by atoms with Crippen molar-refractivity contribution in [2.75, 3.05) is 4.72 Å². The van der Waals surface area contributed by atoms with Gasteiger partial charge in [0.1, 0.15) is 22.3 Å². The molecule has 1 heterocycles. The van der Waals surface area contributed by atoms with Crippen molar-refractivity contribution < 1.29 is 12.8 Å². The fourth-order valence-corrected chi connectivity index (χ4v) is 2.93. The summed E-state index contributed by atoms with van der Waals surface area (Å²) in [6.07, 6.45) is 2.61. The molecule has 5 nitrogen and oxygen atoms in total. The lowest BCUT2D eigenvalue weighted by atomic mass is 10.2. The van der Waals surface area contributed by atoms with Crippen LogP contribution in [-0.2, 0) is 10.0 Å². The minimum absolute atomic E-state index is 0.0438. The molecular weight excluding hydrogens is 305 g/mol. The molecule has 1 N–H and O–H groups in total. The number of aromatic nitrogens is 1. The molecule has 0 aliphatic carbocycles. The van der Waals surface area contributed by atoms with Crippen molar-refractivity contribution in [3.63, 3.8) is 0 Å². The van der Waals surface area contributed by atoms with Gasteiger partial charge in [-0.3, -0.25) is 9.71 Å². The van der Waals surface area contributed by atoms with Crippen LogP contribution in [0.4, 0.5) is 10.1 Å². The largest absolute Gasteiger partial charge is 0.277 e. The summed E-state index contributed by atoms with van der Waals surface area (Å²) >= 11 is 5.82. The number of hydrogen-bond acceptors (Lipinski definition) is 4. The number of sulfonamides is 1. The third-order valence-electron chi connectivity index (χ3n) is 2.39. The summed E-state index contributed by atoms with van der Waals surface area (Å²) in [6.45, 7) is 0. The molecule has 8 heteroatoms. The van der Waals surface area contributed by atoms with Gasteiger partial charge in [-0.2, -0.15) is 5.26 Å². The first-order valence-corrected chi connectivity index (χ1v) is 7.13. The van der Waals surface area contributed by atoms with Crippen LogP contribution in [0.5, 0.6) is 0 Å². The van der Waals surface area contributed by atoms with E-state index < -0.39 is 26.3 Å². The first-order chi connectivity index (χ1) is 9.45. The van der Waals surface area contributed by atoms with Crippen LogP contribution in [0.1, 0.15) is 5.56 Å². The fourth-order valence-electron chi connectivity index (χ4n) is 1.49. The lowest BCUT2D eigenvalue weighted by molar-refractivity contribution is 0.593. The van der Waals surface area contributed by atoms with Gasteiger partial charge < -0.3 is 0 Å². The van der Waals surface area contributed by atoms with Gasteiger partial charge in [0.25, 0.3) is 10.0 Å². The third-order valence-corrected chi connectivity index (χ3v) is 4.13. The number of benzene rings is 1. The van der Waals surface area contributed by atoms with Crippen LogP contribution >= 0.6 is 11.6 Å². The average molecular weight is 312 g/mol. The van der Waals surface area contributed by atoms with Gasteiger partial charge in [0.2, 0.25) is 0 Å². The van der Waals surface area contributed by atoms with Gasteiger partial charge in [-0.25, -0.2) is 12.8 Å². The quantitative estimate of drug-likeness (QED) is 0.944. The lowest BCUT2D eigenvalue weighted by Crippen LogP contribution is -2.15. The monoisotopic (exact) mass is 311 g/mol. The molecule has 0 saturated carbocycles. The van der Waals surface area contributed by atoms with Crippen molar-refractivity contribution in [2.45, 2.75) is 4.90 Å². The van der Waals surface area contributed by atoms with E-state index in [1.165, 1.54) is 30.6 Å². The summed E-state index contributed by atoms with van der Waals surface area (Å²) in [4.78, 5) is 3.27. The predicted molar refractivity (Wildman–Crippen MR) is 71.2 cm³/mol. The van der Waals surface area contributed by atoms with E-state index in [0.29, 0.717) is 0 Å². The highest BCUT2D eigenvalue weighted by molar-refractivity contribution is 7.92. The standard InChI is InChI=1S/C12H7ClFN3O2S/c13-9-4-5-16-7-11(9)17-20(18,19)12-3-1-2-10(14)8(12)6-15/h1-5,7,17H. The molecule has 1 aromatic heterocycles. The zero-order chi connectivity index (χ0) is 14.8. The van der Waals surface area contributed by atoms with Crippen LogP contribution in [0.25, 0.3) is 0 Å². The van der Waals surface area contributed by atoms with E-state index in [4.69, 9.17) is 16.9 Å². The Bertz CT molecular complexity index is 803. The highest BCUT2D eigenvalue weighted by Gasteiger charge is 2.22. The van der Waals surface area contributed by atoms with Gasteiger partial charge in [0.15, 0.2) is 0 Å². The maximum atomic E-state index is 13.4. The van der Waals surface area contributed by atoms with E-state index >= 15 is 0 Å². The Morgan fingerprint density at radius 3 is 2.75 bits per heavy atom. The molecule has 0 amide bonds. The molecule has 0 saturated heterocycles. The minimum Gasteiger partial charge on any atom is -0.277 e. The summed E-state index contributed by atoms with van der Waals surface area (Å²) in [5.74, 6) is -0.910. The van der Waals surface area contributed by atoms with Crippen LogP contribution < -0.4 is 4.72 Å². The van der Waals surface area contributed by atoms with Crippen LogP contribution in [0.15, 0.2) is 41.6 Å². The molecule has 0 bridgehead atoms. The number of anilines is 1. The second-order valence-corrected chi connectivity index (χ2v) is 5.74.